The lowest BCUT2D eigenvalue weighted by Gasteiger charge is -2.19. The first kappa shape index (κ1) is 26.9. The molecule has 0 spiro atoms. The van der Waals surface area contributed by atoms with Crippen LogP contribution in [0.25, 0.3) is 11.1 Å². The van der Waals surface area contributed by atoms with Crippen LogP contribution in [-0.2, 0) is 22.5 Å². The molecule has 2 amide bonds. The van der Waals surface area contributed by atoms with Crippen LogP contribution in [0.15, 0.2) is 65.1 Å². The standard InChI is InChI=1S/C27H26BrFN2O5/c1-27(2,3)36-26(35)30-15-16-9-19(13-22(29)10-16)17-5-4-6-18(11-17)25(34)31-23-8-7-21(28)12-20(23)14-24(32)33/h4-13H,14-15H2,1-3H3,(H,30,35)(H,31,34)(H,32,33). The Morgan fingerprint density at radius 2 is 1.75 bits per heavy atom. The highest BCUT2D eigenvalue weighted by atomic mass is 79.9. The van der Waals surface area contributed by atoms with E-state index in [-0.39, 0.29) is 13.0 Å². The molecule has 0 radical (unpaired) electrons. The summed E-state index contributed by atoms with van der Waals surface area (Å²) >= 11 is 3.31. The van der Waals surface area contributed by atoms with Crippen molar-refractivity contribution in [3.05, 3.63) is 87.6 Å². The molecule has 9 heteroatoms. The van der Waals surface area contributed by atoms with Gasteiger partial charge in [-0.2, -0.15) is 0 Å². The third kappa shape index (κ3) is 7.91. The lowest BCUT2D eigenvalue weighted by Crippen LogP contribution is -2.32. The maximum Gasteiger partial charge on any atom is 0.407 e. The molecule has 3 aromatic carbocycles. The fraction of sp³-hybridized carbons (Fsp3) is 0.222. The summed E-state index contributed by atoms with van der Waals surface area (Å²) in [6, 6.07) is 16.0. The molecule has 0 bridgehead atoms. The number of alkyl carbamates (subject to hydrolysis) is 1. The van der Waals surface area contributed by atoms with Crippen LogP contribution in [0, 0.1) is 5.82 Å². The number of hydrogen-bond acceptors (Lipinski definition) is 4. The summed E-state index contributed by atoms with van der Waals surface area (Å²) in [6.45, 7) is 5.31. The largest absolute Gasteiger partial charge is 0.481 e. The number of ether oxygens (including phenoxy) is 1. The van der Waals surface area contributed by atoms with E-state index in [1.807, 2.05) is 0 Å². The quantitative estimate of drug-likeness (QED) is 0.323. The Labute approximate surface area is 216 Å². The number of benzene rings is 3. The second-order valence-electron chi connectivity index (χ2n) is 9.11. The first-order valence-electron chi connectivity index (χ1n) is 11.1. The highest BCUT2D eigenvalue weighted by Gasteiger charge is 2.16. The molecular formula is C27H26BrFN2O5. The van der Waals surface area contributed by atoms with Crippen LogP contribution >= 0.6 is 15.9 Å². The molecule has 0 saturated heterocycles. The number of aliphatic carboxylic acids is 1. The Morgan fingerprint density at radius 3 is 2.44 bits per heavy atom. The van der Waals surface area contributed by atoms with Crippen LogP contribution in [-0.4, -0.2) is 28.7 Å². The van der Waals surface area contributed by atoms with Gasteiger partial charge in [0.05, 0.1) is 6.42 Å². The summed E-state index contributed by atoms with van der Waals surface area (Å²) in [4.78, 5) is 36.1. The first-order chi connectivity index (χ1) is 16.9. The maximum absolute atomic E-state index is 14.4. The lowest BCUT2D eigenvalue weighted by atomic mass is 10.00. The molecule has 3 rings (SSSR count). The molecule has 0 unspecified atom stereocenters. The van der Waals surface area contributed by atoms with Gasteiger partial charge in [0.2, 0.25) is 0 Å². The summed E-state index contributed by atoms with van der Waals surface area (Å²) in [6.07, 6.45) is -0.861. The molecule has 0 aliphatic heterocycles. The van der Waals surface area contributed by atoms with Crippen molar-refractivity contribution in [3.8, 4) is 11.1 Å². The Bertz CT molecular complexity index is 1300. The van der Waals surface area contributed by atoms with Crippen molar-refractivity contribution in [1.29, 1.82) is 0 Å². The van der Waals surface area contributed by atoms with Crippen molar-refractivity contribution in [2.75, 3.05) is 5.32 Å². The van der Waals surface area contributed by atoms with E-state index in [9.17, 15) is 23.9 Å². The van der Waals surface area contributed by atoms with Gasteiger partial charge in [-0.25, -0.2) is 9.18 Å². The number of carboxylic acids is 1. The molecule has 0 aliphatic rings. The predicted octanol–water partition coefficient (Wildman–Crippen LogP) is 6.16. The van der Waals surface area contributed by atoms with Crippen LogP contribution in [0.5, 0.6) is 0 Å². The van der Waals surface area contributed by atoms with E-state index in [0.717, 1.165) is 0 Å². The number of halogens is 2. The molecule has 0 aliphatic carbocycles. The SMILES string of the molecule is CC(C)(C)OC(=O)NCc1cc(F)cc(-c2cccc(C(=O)Nc3ccc(Br)cc3CC(=O)O)c2)c1. The van der Waals surface area contributed by atoms with E-state index >= 15 is 0 Å². The average molecular weight is 557 g/mol. The van der Waals surface area contributed by atoms with Crippen molar-refractivity contribution in [3.63, 3.8) is 0 Å². The Morgan fingerprint density at radius 1 is 1.00 bits per heavy atom. The summed E-state index contributed by atoms with van der Waals surface area (Å²) in [7, 11) is 0. The van der Waals surface area contributed by atoms with Gasteiger partial charge in [0.15, 0.2) is 0 Å². The minimum absolute atomic E-state index is 0.0652. The number of hydrogen-bond donors (Lipinski definition) is 3. The van der Waals surface area contributed by atoms with Crippen LogP contribution in [0.2, 0.25) is 0 Å². The summed E-state index contributed by atoms with van der Waals surface area (Å²) < 4.78 is 20.3. The third-order valence-corrected chi connectivity index (χ3v) is 5.40. The monoisotopic (exact) mass is 556 g/mol. The molecule has 3 aromatic rings. The number of amides is 2. The third-order valence-electron chi connectivity index (χ3n) is 4.91. The minimum Gasteiger partial charge on any atom is -0.481 e. The van der Waals surface area contributed by atoms with Crippen LogP contribution in [0.1, 0.15) is 42.3 Å². The lowest BCUT2D eigenvalue weighted by molar-refractivity contribution is -0.136. The molecule has 36 heavy (non-hydrogen) atoms. The first-order valence-corrected chi connectivity index (χ1v) is 11.9. The second kappa shape index (κ2) is 11.3. The predicted molar refractivity (Wildman–Crippen MR) is 138 cm³/mol. The fourth-order valence-corrected chi connectivity index (χ4v) is 3.84. The maximum atomic E-state index is 14.4. The number of nitrogens with one attached hydrogen (secondary N) is 2. The summed E-state index contributed by atoms with van der Waals surface area (Å²) in [5.41, 5.74) is 2.16. The second-order valence-corrected chi connectivity index (χ2v) is 10.0. The van der Waals surface area contributed by atoms with Crippen LogP contribution < -0.4 is 10.6 Å². The van der Waals surface area contributed by atoms with E-state index in [2.05, 4.69) is 26.6 Å². The molecule has 0 fully saturated rings. The summed E-state index contributed by atoms with van der Waals surface area (Å²) in [5, 5.41) is 14.5. The van der Waals surface area contributed by atoms with Gasteiger partial charge in [0.1, 0.15) is 11.4 Å². The zero-order valence-corrected chi connectivity index (χ0v) is 21.6. The molecule has 3 N–H and O–H groups in total. The molecule has 188 valence electrons. The van der Waals surface area contributed by atoms with E-state index in [1.54, 1.807) is 69.3 Å². The highest BCUT2D eigenvalue weighted by molar-refractivity contribution is 9.10. The van der Waals surface area contributed by atoms with Gasteiger partial charge >= 0.3 is 12.1 Å². The number of rotatable bonds is 7. The Hall–Kier alpha value is -3.72. The number of carbonyl (C=O) groups is 3. The smallest absolute Gasteiger partial charge is 0.407 e. The van der Waals surface area contributed by atoms with Gasteiger partial charge in [0.25, 0.3) is 5.91 Å². The zero-order chi connectivity index (χ0) is 26.5. The molecule has 7 nitrogen and oxygen atoms in total. The van der Waals surface area contributed by atoms with Gasteiger partial charge in [-0.1, -0.05) is 28.1 Å². The molecule has 0 atom stereocenters. The zero-order valence-electron chi connectivity index (χ0n) is 20.0. The molecular weight excluding hydrogens is 531 g/mol. The van der Waals surface area contributed by atoms with E-state index < -0.39 is 29.4 Å². The molecule has 0 aromatic heterocycles. The topological polar surface area (TPSA) is 105 Å². The van der Waals surface area contributed by atoms with Gasteiger partial charge in [-0.15, -0.1) is 0 Å². The number of carboxylic acid groups (broad SMARTS) is 1. The van der Waals surface area contributed by atoms with Crippen LogP contribution in [0.4, 0.5) is 14.9 Å². The van der Waals surface area contributed by atoms with Crippen molar-refractivity contribution in [2.45, 2.75) is 39.3 Å². The average Bonchev–Trinajstić information content (AvgIpc) is 2.78. The number of anilines is 1. The Kier molecular flexibility index (Phi) is 8.47. The van der Waals surface area contributed by atoms with E-state index in [0.29, 0.717) is 38.0 Å². The number of carbonyl (C=O) groups excluding carboxylic acids is 2. The van der Waals surface area contributed by atoms with Crippen LogP contribution in [0.3, 0.4) is 0 Å². The van der Waals surface area contributed by atoms with Gasteiger partial charge < -0.3 is 20.5 Å². The van der Waals surface area contributed by atoms with Gasteiger partial charge in [0, 0.05) is 22.3 Å². The van der Waals surface area contributed by atoms with Crippen molar-refractivity contribution in [1.82, 2.24) is 5.32 Å². The Balaban J connectivity index is 1.80. The summed E-state index contributed by atoms with van der Waals surface area (Å²) in [5.74, 6) is -1.95. The van der Waals surface area contributed by atoms with E-state index in [1.165, 1.54) is 12.1 Å². The minimum atomic E-state index is -1.02. The van der Waals surface area contributed by atoms with Gasteiger partial charge in [-0.3, -0.25) is 9.59 Å². The highest BCUT2D eigenvalue weighted by Crippen LogP contribution is 2.26. The molecule has 0 saturated carbocycles. The van der Waals surface area contributed by atoms with Crippen molar-refractivity contribution >= 4 is 39.6 Å². The van der Waals surface area contributed by atoms with Gasteiger partial charge in [-0.05, 0) is 91.6 Å². The van der Waals surface area contributed by atoms with E-state index in [4.69, 9.17) is 4.74 Å². The normalized spacial score (nSPS) is 11.0. The molecule has 0 heterocycles. The van der Waals surface area contributed by atoms with Crippen molar-refractivity contribution < 1.29 is 28.6 Å². The van der Waals surface area contributed by atoms with Crippen molar-refractivity contribution in [2.24, 2.45) is 0 Å². The fourth-order valence-electron chi connectivity index (χ4n) is 3.44.